The smallest absolute Gasteiger partial charge is 0.250 e. The molecule has 1 saturated heterocycles. The summed E-state index contributed by atoms with van der Waals surface area (Å²) in [5.41, 5.74) is -0.110. The second-order valence-electron chi connectivity index (χ2n) is 5.44. The van der Waals surface area contributed by atoms with Crippen LogP contribution in [0.3, 0.4) is 0 Å². The third-order valence-corrected chi connectivity index (χ3v) is 4.10. The molecule has 2 aromatic rings. The fourth-order valence-electron chi connectivity index (χ4n) is 2.65. The van der Waals surface area contributed by atoms with Crippen LogP contribution in [0.2, 0.25) is 0 Å². The van der Waals surface area contributed by atoms with Crippen molar-refractivity contribution in [2.45, 2.75) is 24.9 Å². The van der Waals surface area contributed by atoms with Crippen molar-refractivity contribution in [2.24, 2.45) is 0 Å². The van der Waals surface area contributed by atoms with E-state index in [-0.39, 0.29) is 11.6 Å². The number of aryl methyl sites for hydroxylation is 2. The lowest BCUT2D eigenvalue weighted by atomic mass is 10.0. The molecule has 1 atom stereocenters. The fraction of sp³-hybridized carbons (Fsp3) is 0.500. The highest BCUT2D eigenvalue weighted by Gasteiger charge is 2.42. The van der Waals surface area contributed by atoms with Crippen LogP contribution in [0.25, 0.3) is 0 Å². The van der Waals surface area contributed by atoms with E-state index < -0.39 is 5.60 Å². The number of ether oxygens (including phenoxy) is 3. The largest absolute Gasteiger partial charge is 0.494 e. The summed E-state index contributed by atoms with van der Waals surface area (Å²) in [6, 6.07) is 5.06. The van der Waals surface area contributed by atoms with E-state index in [0.29, 0.717) is 49.8 Å². The standard InChI is InChI=1S/C16H19FN2O4/c1-20-12-5-3-4-11(14(12)17)6-7-13-18-19-15(23-13)16(21-2)8-9-22-10-16/h3-5H,6-10H2,1-2H3. The maximum atomic E-state index is 14.1. The van der Waals surface area contributed by atoms with Crippen molar-refractivity contribution in [3.05, 3.63) is 41.4 Å². The van der Waals surface area contributed by atoms with Gasteiger partial charge < -0.3 is 18.6 Å². The molecule has 0 aliphatic carbocycles. The van der Waals surface area contributed by atoms with Crippen molar-refractivity contribution in [3.63, 3.8) is 0 Å². The summed E-state index contributed by atoms with van der Waals surface area (Å²) < 4.78 is 35.7. The van der Waals surface area contributed by atoms with Crippen LogP contribution in [0.5, 0.6) is 5.75 Å². The van der Waals surface area contributed by atoms with Crippen LogP contribution in [0.4, 0.5) is 4.39 Å². The Bertz CT molecular complexity index is 668. The van der Waals surface area contributed by atoms with E-state index >= 15 is 0 Å². The van der Waals surface area contributed by atoms with Crippen LogP contribution in [-0.4, -0.2) is 37.6 Å². The maximum Gasteiger partial charge on any atom is 0.250 e. The summed E-state index contributed by atoms with van der Waals surface area (Å²) in [7, 11) is 3.05. The predicted octanol–water partition coefficient (Wildman–Crippen LogP) is 2.26. The Morgan fingerprint density at radius 1 is 1.26 bits per heavy atom. The van der Waals surface area contributed by atoms with Crippen molar-refractivity contribution in [2.75, 3.05) is 27.4 Å². The lowest BCUT2D eigenvalue weighted by Gasteiger charge is -2.20. The molecule has 1 aromatic heterocycles. The highest BCUT2D eigenvalue weighted by molar-refractivity contribution is 5.31. The number of rotatable bonds is 6. The van der Waals surface area contributed by atoms with E-state index in [1.165, 1.54) is 7.11 Å². The van der Waals surface area contributed by atoms with Gasteiger partial charge in [-0.15, -0.1) is 10.2 Å². The second kappa shape index (κ2) is 6.64. The molecule has 0 amide bonds. The number of hydrogen-bond donors (Lipinski definition) is 0. The van der Waals surface area contributed by atoms with Crippen LogP contribution in [0.1, 0.15) is 23.8 Å². The molecule has 124 valence electrons. The molecule has 2 heterocycles. The molecular formula is C16H19FN2O4. The van der Waals surface area contributed by atoms with Crippen molar-refractivity contribution in [1.82, 2.24) is 10.2 Å². The lowest BCUT2D eigenvalue weighted by Crippen LogP contribution is -2.29. The van der Waals surface area contributed by atoms with Crippen LogP contribution in [0.15, 0.2) is 22.6 Å². The molecular weight excluding hydrogens is 303 g/mol. The summed E-state index contributed by atoms with van der Waals surface area (Å²) >= 11 is 0. The van der Waals surface area contributed by atoms with Gasteiger partial charge in [0.2, 0.25) is 5.89 Å². The number of methoxy groups -OCH3 is 2. The first-order valence-corrected chi connectivity index (χ1v) is 7.45. The van der Waals surface area contributed by atoms with Gasteiger partial charge in [0.15, 0.2) is 17.2 Å². The molecule has 7 heteroatoms. The Labute approximate surface area is 133 Å². The minimum absolute atomic E-state index is 0.232. The molecule has 0 radical (unpaired) electrons. The third-order valence-electron chi connectivity index (χ3n) is 4.10. The minimum atomic E-state index is -0.660. The Morgan fingerprint density at radius 3 is 2.83 bits per heavy atom. The van der Waals surface area contributed by atoms with E-state index in [0.717, 1.165) is 0 Å². The van der Waals surface area contributed by atoms with Gasteiger partial charge in [0, 0.05) is 20.0 Å². The van der Waals surface area contributed by atoms with Crippen molar-refractivity contribution in [3.8, 4) is 5.75 Å². The summed E-state index contributed by atoms with van der Waals surface area (Å²) in [5, 5.41) is 8.10. The average molecular weight is 322 g/mol. The van der Waals surface area contributed by atoms with E-state index in [9.17, 15) is 4.39 Å². The van der Waals surface area contributed by atoms with Gasteiger partial charge in [-0.25, -0.2) is 4.39 Å². The summed E-state index contributed by atoms with van der Waals surface area (Å²) in [4.78, 5) is 0. The van der Waals surface area contributed by atoms with E-state index in [1.54, 1.807) is 25.3 Å². The first-order chi connectivity index (χ1) is 11.2. The Kier molecular flexibility index (Phi) is 4.58. The van der Waals surface area contributed by atoms with Gasteiger partial charge >= 0.3 is 0 Å². The molecule has 1 aliphatic heterocycles. The SMILES string of the molecule is COc1cccc(CCc2nnc(C3(OC)CCOC3)o2)c1F. The zero-order valence-electron chi connectivity index (χ0n) is 13.2. The van der Waals surface area contributed by atoms with Gasteiger partial charge in [-0.3, -0.25) is 0 Å². The predicted molar refractivity (Wildman–Crippen MR) is 78.8 cm³/mol. The fourth-order valence-corrected chi connectivity index (χ4v) is 2.65. The first-order valence-electron chi connectivity index (χ1n) is 7.45. The number of benzene rings is 1. The topological polar surface area (TPSA) is 66.6 Å². The third kappa shape index (κ3) is 3.07. The Balaban J connectivity index is 1.70. The van der Waals surface area contributed by atoms with Crippen molar-refractivity contribution < 1.29 is 23.0 Å². The number of aromatic nitrogens is 2. The average Bonchev–Trinajstić information content (AvgIpc) is 3.24. The quantitative estimate of drug-likeness (QED) is 0.813. The van der Waals surface area contributed by atoms with Crippen LogP contribution < -0.4 is 4.74 Å². The molecule has 1 unspecified atom stereocenters. The Morgan fingerprint density at radius 2 is 2.13 bits per heavy atom. The molecule has 0 saturated carbocycles. The molecule has 6 nitrogen and oxygen atoms in total. The van der Waals surface area contributed by atoms with Gasteiger partial charge in [0.05, 0.1) is 20.3 Å². The summed E-state index contributed by atoms with van der Waals surface area (Å²) in [5.74, 6) is 0.742. The van der Waals surface area contributed by atoms with Crippen LogP contribution >= 0.6 is 0 Å². The summed E-state index contributed by atoms with van der Waals surface area (Å²) in [6.07, 6.45) is 1.56. The maximum absolute atomic E-state index is 14.1. The van der Waals surface area contributed by atoms with Gasteiger partial charge in [-0.05, 0) is 18.1 Å². The molecule has 0 spiro atoms. The minimum Gasteiger partial charge on any atom is -0.494 e. The van der Waals surface area contributed by atoms with Gasteiger partial charge in [0.25, 0.3) is 5.89 Å². The van der Waals surface area contributed by atoms with Crippen LogP contribution in [-0.2, 0) is 27.9 Å². The molecule has 0 N–H and O–H groups in total. The monoisotopic (exact) mass is 322 g/mol. The number of halogens is 1. The number of nitrogens with zero attached hydrogens (tertiary/aromatic N) is 2. The molecule has 1 aromatic carbocycles. The first kappa shape index (κ1) is 15.9. The lowest BCUT2D eigenvalue weighted by molar-refractivity contribution is -0.0416. The zero-order valence-corrected chi connectivity index (χ0v) is 13.2. The highest BCUT2D eigenvalue weighted by Crippen LogP contribution is 2.33. The van der Waals surface area contributed by atoms with Gasteiger partial charge in [-0.1, -0.05) is 12.1 Å². The highest BCUT2D eigenvalue weighted by atomic mass is 19.1. The molecule has 1 fully saturated rings. The van der Waals surface area contributed by atoms with Crippen molar-refractivity contribution >= 4 is 0 Å². The van der Waals surface area contributed by atoms with Gasteiger partial charge in [-0.2, -0.15) is 0 Å². The van der Waals surface area contributed by atoms with E-state index in [4.69, 9.17) is 18.6 Å². The van der Waals surface area contributed by atoms with E-state index in [2.05, 4.69) is 10.2 Å². The molecule has 3 rings (SSSR count). The molecule has 0 bridgehead atoms. The number of hydrogen-bond acceptors (Lipinski definition) is 6. The van der Waals surface area contributed by atoms with Crippen LogP contribution in [0, 0.1) is 5.82 Å². The molecule has 1 aliphatic rings. The second-order valence-corrected chi connectivity index (χ2v) is 5.44. The normalized spacial score (nSPS) is 20.8. The molecule has 23 heavy (non-hydrogen) atoms. The van der Waals surface area contributed by atoms with E-state index in [1.807, 2.05) is 0 Å². The van der Waals surface area contributed by atoms with Gasteiger partial charge in [0.1, 0.15) is 0 Å². The summed E-state index contributed by atoms with van der Waals surface area (Å²) in [6.45, 7) is 0.996. The Hall–Kier alpha value is -1.99. The zero-order chi connectivity index (χ0) is 16.3. The van der Waals surface area contributed by atoms with Crippen molar-refractivity contribution in [1.29, 1.82) is 0 Å².